The summed E-state index contributed by atoms with van der Waals surface area (Å²) in [4.78, 5) is 3.78. The van der Waals surface area contributed by atoms with Crippen molar-refractivity contribution in [1.82, 2.24) is 11.1 Å². The number of hydrogen-bond acceptors (Lipinski definition) is 2. The second-order valence-electron chi connectivity index (χ2n) is 1.02. The molecule has 1 rings (SSSR count). The summed E-state index contributed by atoms with van der Waals surface area (Å²) in [6, 6.07) is 5.72. The monoisotopic (exact) mass is 202 g/mol. The van der Waals surface area contributed by atoms with E-state index in [1.807, 2.05) is 18.2 Å². The van der Waals surface area contributed by atoms with Crippen LogP contribution in [0.3, 0.4) is 0 Å². The van der Waals surface area contributed by atoms with Crippen LogP contribution in [0.5, 0.6) is 0 Å². The summed E-state index contributed by atoms with van der Waals surface area (Å²) in [7, 11) is 0. The first-order chi connectivity index (χ1) is 3.00. The molecular weight excluding hydrogens is 194 g/mol. The van der Waals surface area contributed by atoms with Crippen LogP contribution in [0.2, 0.25) is 0 Å². The number of rotatable bonds is 0. The molecule has 1 aromatic rings. The second kappa shape index (κ2) is 6.77. The van der Waals surface area contributed by atoms with Crippen LogP contribution >= 0.6 is 0 Å². The molecule has 2 nitrogen and oxygen atoms in total. The second-order valence-corrected chi connectivity index (χ2v) is 1.02. The average molecular weight is 203 g/mol. The largest absolute Gasteiger partial charge is 0.344 e. The molecule has 0 bridgehead atoms. The molecule has 1 heterocycles. The van der Waals surface area contributed by atoms with Gasteiger partial charge in [0.15, 0.2) is 0 Å². The van der Waals surface area contributed by atoms with Gasteiger partial charge >= 0.3 is 0 Å². The fourth-order valence-corrected chi connectivity index (χ4v) is 0.313. The summed E-state index contributed by atoms with van der Waals surface area (Å²) in [5.74, 6) is 0. The van der Waals surface area contributed by atoms with Gasteiger partial charge in [-0.2, -0.15) is 0 Å². The van der Waals surface area contributed by atoms with Gasteiger partial charge in [0.05, 0.1) is 0 Å². The maximum absolute atomic E-state index is 3.78. The summed E-state index contributed by atoms with van der Waals surface area (Å²) >= 11 is 0. The van der Waals surface area contributed by atoms with Crippen molar-refractivity contribution in [2.75, 3.05) is 0 Å². The molecule has 3 heteroatoms. The molecule has 0 saturated heterocycles. The van der Waals surface area contributed by atoms with E-state index in [4.69, 9.17) is 0 Å². The molecule has 48 valence electrons. The standard InChI is InChI=1S/C5H5N.H3N.Pd/c1-2-4-6-5-3-1;;/h1-5H;1H3;. The molecule has 0 aliphatic carbocycles. The Morgan fingerprint density at radius 1 is 0.875 bits per heavy atom. The van der Waals surface area contributed by atoms with Gasteiger partial charge in [0.25, 0.3) is 0 Å². The molecule has 0 radical (unpaired) electrons. The predicted octanol–water partition coefficient (Wildman–Crippen LogP) is 1.24. The SMILES string of the molecule is N.[Pd].c1ccncc1. The van der Waals surface area contributed by atoms with Crippen LogP contribution in [0, 0.1) is 0 Å². The minimum Gasteiger partial charge on any atom is -0.344 e. The summed E-state index contributed by atoms with van der Waals surface area (Å²) in [5, 5.41) is 0. The van der Waals surface area contributed by atoms with E-state index in [-0.39, 0.29) is 26.6 Å². The molecule has 0 spiro atoms. The number of hydrogen-bond donors (Lipinski definition) is 1. The van der Waals surface area contributed by atoms with Gasteiger partial charge in [-0.25, -0.2) is 0 Å². The van der Waals surface area contributed by atoms with Crippen LogP contribution in [0.25, 0.3) is 0 Å². The van der Waals surface area contributed by atoms with Crippen LogP contribution in [0.4, 0.5) is 0 Å². The van der Waals surface area contributed by atoms with Gasteiger partial charge < -0.3 is 6.15 Å². The van der Waals surface area contributed by atoms with Crippen molar-refractivity contribution in [3.63, 3.8) is 0 Å². The molecule has 1 aromatic heterocycles. The molecule has 0 amide bonds. The molecular formula is C5H8N2Pd. The molecule has 0 atom stereocenters. The Labute approximate surface area is 62.6 Å². The summed E-state index contributed by atoms with van der Waals surface area (Å²) < 4.78 is 0. The fraction of sp³-hybridized carbons (Fsp3) is 0. The van der Waals surface area contributed by atoms with Crippen LogP contribution in [-0.2, 0) is 20.4 Å². The van der Waals surface area contributed by atoms with E-state index in [1.54, 1.807) is 12.4 Å². The van der Waals surface area contributed by atoms with E-state index in [1.165, 1.54) is 0 Å². The van der Waals surface area contributed by atoms with Gasteiger partial charge in [-0.1, -0.05) is 6.07 Å². The molecule has 0 aliphatic rings. The van der Waals surface area contributed by atoms with Gasteiger partial charge in [0, 0.05) is 32.8 Å². The van der Waals surface area contributed by atoms with E-state index in [2.05, 4.69) is 4.98 Å². The minimum absolute atomic E-state index is 0. The van der Waals surface area contributed by atoms with Crippen molar-refractivity contribution >= 4 is 0 Å². The van der Waals surface area contributed by atoms with Crippen molar-refractivity contribution in [3.8, 4) is 0 Å². The zero-order chi connectivity index (χ0) is 4.24. The smallest absolute Gasteiger partial charge is 0.0267 e. The summed E-state index contributed by atoms with van der Waals surface area (Å²) in [5.41, 5.74) is 0. The normalized spacial score (nSPS) is 6.00. The number of nitrogens with zero attached hydrogens (tertiary/aromatic N) is 1. The van der Waals surface area contributed by atoms with Gasteiger partial charge in [0.1, 0.15) is 0 Å². The Balaban J connectivity index is 0. The van der Waals surface area contributed by atoms with E-state index in [0.717, 1.165) is 0 Å². The molecule has 0 aromatic carbocycles. The van der Waals surface area contributed by atoms with Crippen molar-refractivity contribution < 1.29 is 20.4 Å². The Morgan fingerprint density at radius 2 is 1.38 bits per heavy atom. The fourth-order valence-electron chi connectivity index (χ4n) is 0.313. The van der Waals surface area contributed by atoms with Crippen molar-refractivity contribution in [1.29, 1.82) is 0 Å². The average Bonchev–Trinajstić information content (AvgIpc) is 1.72. The van der Waals surface area contributed by atoms with Crippen LogP contribution < -0.4 is 6.15 Å². The molecule has 3 N–H and O–H groups in total. The summed E-state index contributed by atoms with van der Waals surface area (Å²) in [6.45, 7) is 0. The Morgan fingerprint density at radius 3 is 1.50 bits per heavy atom. The van der Waals surface area contributed by atoms with Crippen LogP contribution in [0.15, 0.2) is 30.6 Å². The molecule has 0 saturated carbocycles. The molecule has 0 aliphatic heterocycles. The Hall–Kier alpha value is -0.228. The van der Waals surface area contributed by atoms with Crippen LogP contribution in [-0.4, -0.2) is 4.98 Å². The zero-order valence-corrected chi connectivity index (χ0v) is 5.91. The first-order valence-electron chi connectivity index (χ1n) is 1.85. The molecule has 8 heavy (non-hydrogen) atoms. The number of pyridine rings is 1. The predicted molar refractivity (Wildman–Crippen MR) is 29.3 cm³/mol. The van der Waals surface area contributed by atoms with Gasteiger partial charge in [0.2, 0.25) is 0 Å². The molecule has 0 fully saturated rings. The van der Waals surface area contributed by atoms with Gasteiger partial charge in [-0.15, -0.1) is 0 Å². The third-order valence-electron chi connectivity index (χ3n) is 0.566. The molecule has 0 unspecified atom stereocenters. The van der Waals surface area contributed by atoms with Gasteiger partial charge in [-0.05, 0) is 12.1 Å². The zero-order valence-electron chi connectivity index (χ0n) is 4.36. The quantitative estimate of drug-likeness (QED) is 0.644. The maximum Gasteiger partial charge on any atom is 0.0267 e. The summed E-state index contributed by atoms with van der Waals surface area (Å²) in [6.07, 6.45) is 3.50. The van der Waals surface area contributed by atoms with Crippen molar-refractivity contribution in [2.45, 2.75) is 0 Å². The van der Waals surface area contributed by atoms with Gasteiger partial charge in [-0.3, -0.25) is 4.98 Å². The van der Waals surface area contributed by atoms with Crippen LogP contribution in [0.1, 0.15) is 0 Å². The maximum atomic E-state index is 3.78. The van der Waals surface area contributed by atoms with Crippen molar-refractivity contribution in [2.24, 2.45) is 0 Å². The van der Waals surface area contributed by atoms with E-state index in [0.29, 0.717) is 0 Å². The van der Waals surface area contributed by atoms with Crippen molar-refractivity contribution in [3.05, 3.63) is 30.6 Å². The topological polar surface area (TPSA) is 47.9 Å². The minimum atomic E-state index is 0. The first-order valence-corrected chi connectivity index (χ1v) is 1.85. The van der Waals surface area contributed by atoms with E-state index >= 15 is 0 Å². The Bertz CT molecular complexity index is 82.4. The third-order valence-corrected chi connectivity index (χ3v) is 0.566. The first kappa shape index (κ1) is 10.7. The third kappa shape index (κ3) is 3.95. The Kier molecular flexibility index (Phi) is 9.06. The van der Waals surface area contributed by atoms with E-state index in [9.17, 15) is 0 Å². The number of aromatic nitrogens is 1. The van der Waals surface area contributed by atoms with E-state index < -0.39 is 0 Å².